The molecule has 2 atom stereocenters. The minimum absolute atomic E-state index is 0.0904. The van der Waals surface area contributed by atoms with Gasteiger partial charge in [-0.15, -0.1) is 0 Å². The van der Waals surface area contributed by atoms with Gasteiger partial charge in [0.25, 0.3) is 0 Å². The van der Waals surface area contributed by atoms with Crippen molar-refractivity contribution in [3.8, 4) is 0 Å². The van der Waals surface area contributed by atoms with Crippen LogP contribution in [-0.4, -0.2) is 34.5 Å². The van der Waals surface area contributed by atoms with E-state index >= 15 is 0 Å². The Labute approximate surface area is 71.2 Å². The maximum absolute atomic E-state index is 11.2. The molecule has 1 rings (SSSR count). The molecule has 1 aliphatic rings. The van der Waals surface area contributed by atoms with Crippen LogP contribution in [0.5, 0.6) is 0 Å². The zero-order valence-electron chi connectivity index (χ0n) is 7.50. The molecule has 1 saturated heterocycles. The monoisotopic (exact) mass is 171 g/mol. The molecule has 1 N–H and O–H groups in total. The van der Waals surface area contributed by atoms with Gasteiger partial charge < -0.3 is 10.0 Å². The molecule has 4 heteroatoms. The van der Waals surface area contributed by atoms with Gasteiger partial charge in [0.1, 0.15) is 5.54 Å². The van der Waals surface area contributed by atoms with E-state index in [1.54, 1.807) is 20.9 Å². The average molecular weight is 171 g/mol. The van der Waals surface area contributed by atoms with Gasteiger partial charge in [0.2, 0.25) is 5.91 Å². The Kier molecular flexibility index (Phi) is 1.86. The molecule has 0 aromatic rings. The van der Waals surface area contributed by atoms with Gasteiger partial charge in [0.15, 0.2) is 0 Å². The summed E-state index contributed by atoms with van der Waals surface area (Å²) in [5, 5.41) is 8.94. The van der Waals surface area contributed by atoms with E-state index in [0.717, 1.165) is 0 Å². The first kappa shape index (κ1) is 9.03. The van der Waals surface area contributed by atoms with Crippen molar-refractivity contribution < 1.29 is 14.7 Å². The number of likely N-dealkylation sites (N-methyl/N-ethyl adjacent to an activating group) is 1. The lowest BCUT2D eigenvalue weighted by atomic mass is 9.88. The minimum Gasteiger partial charge on any atom is -0.479 e. The van der Waals surface area contributed by atoms with Gasteiger partial charge in [-0.2, -0.15) is 0 Å². The van der Waals surface area contributed by atoms with E-state index in [1.807, 2.05) is 0 Å². The van der Waals surface area contributed by atoms with E-state index in [2.05, 4.69) is 0 Å². The third kappa shape index (κ3) is 0.906. The van der Waals surface area contributed by atoms with Crippen molar-refractivity contribution in [2.75, 3.05) is 7.05 Å². The largest absolute Gasteiger partial charge is 0.479 e. The van der Waals surface area contributed by atoms with Crippen LogP contribution in [0.25, 0.3) is 0 Å². The first-order chi connectivity index (χ1) is 5.40. The summed E-state index contributed by atoms with van der Waals surface area (Å²) in [5.74, 6) is -1.14. The van der Waals surface area contributed by atoms with Crippen LogP contribution < -0.4 is 0 Å². The van der Waals surface area contributed by atoms with Crippen molar-refractivity contribution in [2.24, 2.45) is 5.92 Å². The number of rotatable bonds is 1. The van der Waals surface area contributed by atoms with Crippen LogP contribution in [0.1, 0.15) is 20.3 Å². The van der Waals surface area contributed by atoms with Crippen molar-refractivity contribution in [1.29, 1.82) is 0 Å². The van der Waals surface area contributed by atoms with Crippen LogP contribution in [0.15, 0.2) is 0 Å². The van der Waals surface area contributed by atoms with Crippen molar-refractivity contribution >= 4 is 11.9 Å². The lowest BCUT2D eigenvalue weighted by molar-refractivity contribution is -0.153. The lowest BCUT2D eigenvalue weighted by Gasteiger charge is -2.30. The normalized spacial score (nSPS) is 35.8. The second-order valence-corrected chi connectivity index (χ2v) is 3.51. The smallest absolute Gasteiger partial charge is 0.329 e. The molecule has 0 spiro atoms. The van der Waals surface area contributed by atoms with Crippen molar-refractivity contribution in [2.45, 2.75) is 25.8 Å². The van der Waals surface area contributed by atoms with Gasteiger partial charge in [-0.3, -0.25) is 4.79 Å². The molecule has 0 aromatic heterocycles. The number of nitrogens with zero attached hydrogens (tertiary/aromatic N) is 1. The summed E-state index contributed by atoms with van der Waals surface area (Å²) < 4.78 is 0. The van der Waals surface area contributed by atoms with Crippen molar-refractivity contribution in [3.63, 3.8) is 0 Å². The molecule has 0 bridgehead atoms. The summed E-state index contributed by atoms with van der Waals surface area (Å²) in [6.07, 6.45) is 0.333. The van der Waals surface area contributed by atoms with E-state index in [-0.39, 0.29) is 11.8 Å². The number of likely N-dealkylation sites (tertiary alicyclic amines) is 1. The van der Waals surface area contributed by atoms with Gasteiger partial charge >= 0.3 is 5.97 Å². The summed E-state index contributed by atoms with van der Waals surface area (Å²) in [6.45, 7) is 3.38. The van der Waals surface area contributed by atoms with E-state index in [0.29, 0.717) is 6.42 Å². The fourth-order valence-electron chi connectivity index (χ4n) is 1.54. The molecule has 1 fully saturated rings. The molecule has 12 heavy (non-hydrogen) atoms. The number of carboxylic acids is 1. The fourth-order valence-corrected chi connectivity index (χ4v) is 1.54. The maximum atomic E-state index is 11.2. The standard InChI is InChI=1S/C8H13NO3/c1-5-4-6(10)9(3)8(5,2)7(11)12/h5H,4H2,1-3H3,(H,11,12). The van der Waals surface area contributed by atoms with Crippen LogP contribution in [-0.2, 0) is 9.59 Å². The summed E-state index contributed by atoms with van der Waals surface area (Å²) >= 11 is 0. The van der Waals surface area contributed by atoms with Gasteiger partial charge in [0.05, 0.1) is 0 Å². The predicted molar refractivity (Wildman–Crippen MR) is 42.6 cm³/mol. The summed E-state index contributed by atoms with van der Waals surface area (Å²) in [5.41, 5.74) is -1.02. The molecule has 1 amide bonds. The van der Waals surface area contributed by atoms with Crippen LogP contribution in [0.2, 0.25) is 0 Å². The Hall–Kier alpha value is -1.06. The number of carbonyl (C=O) groups is 2. The predicted octanol–water partition coefficient (Wildman–Crippen LogP) is 0.328. The van der Waals surface area contributed by atoms with Crippen LogP contribution in [0.4, 0.5) is 0 Å². The molecule has 0 aromatic carbocycles. The Balaban J connectivity index is 3.03. The number of amides is 1. The van der Waals surface area contributed by atoms with Gasteiger partial charge in [-0.05, 0) is 12.8 Å². The lowest BCUT2D eigenvalue weighted by Crippen LogP contribution is -2.50. The molecular weight excluding hydrogens is 158 g/mol. The Bertz CT molecular complexity index is 238. The fraction of sp³-hybridized carbons (Fsp3) is 0.750. The quantitative estimate of drug-likeness (QED) is 0.618. The van der Waals surface area contributed by atoms with E-state index in [4.69, 9.17) is 5.11 Å². The summed E-state index contributed by atoms with van der Waals surface area (Å²) in [7, 11) is 1.54. The molecule has 68 valence electrons. The van der Waals surface area contributed by atoms with E-state index < -0.39 is 11.5 Å². The topological polar surface area (TPSA) is 57.6 Å². The minimum atomic E-state index is -1.02. The van der Waals surface area contributed by atoms with Crippen LogP contribution in [0, 0.1) is 5.92 Å². The van der Waals surface area contributed by atoms with Crippen LogP contribution in [0.3, 0.4) is 0 Å². The highest BCUT2D eigenvalue weighted by Crippen LogP contribution is 2.34. The number of carboxylic acid groups (broad SMARTS) is 1. The zero-order valence-corrected chi connectivity index (χ0v) is 7.50. The molecule has 1 aliphatic heterocycles. The van der Waals surface area contributed by atoms with E-state index in [1.165, 1.54) is 4.90 Å². The molecule has 1 heterocycles. The Morgan fingerprint density at radius 3 is 2.42 bits per heavy atom. The number of aliphatic carboxylic acids is 1. The maximum Gasteiger partial charge on any atom is 0.329 e. The first-order valence-corrected chi connectivity index (χ1v) is 3.90. The second-order valence-electron chi connectivity index (χ2n) is 3.51. The third-order valence-electron chi connectivity index (χ3n) is 2.94. The molecule has 0 aliphatic carbocycles. The number of hydrogen-bond donors (Lipinski definition) is 1. The van der Waals surface area contributed by atoms with Crippen molar-refractivity contribution in [3.05, 3.63) is 0 Å². The highest BCUT2D eigenvalue weighted by Gasteiger charge is 2.50. The molecule has 0 saturated carbocycles. The van der Waals surface area contributed by atoms with Crippen molar-refractivity contribution in [1.82, 2.24) is 4.90 Å². The first-order valence-electron chi connectivity index (χ1n) is 3.90. The Morgan fingerprint density at radius 2 is 2.25 bits per heavy atom. The molecular formula is C8H13NO3. The van der Waals surface area contributed by atoms with Gasteiger partial charge in [-0.25, -0.2) is 4.79 Å². The molecule has 2 unspecified atom stereocenters. The Morgan fingerprint density at radius 1 is 1.75 bits per heavy atom. The van der Waals surface area contributed by atoms with Gasteiger partial charge in [0, 0.05) is 13.5 Å². The summed E-state index contributed by atoms with van der Waals surface area (Å²) in [4.78, 5) is 23.4. The number of hydrogen-bond acceptors (Lipinski definition) is 2. The summed E-state index contributed by atoms with van der Waals surface area (Å²) in [6, 6.07) is 0. The molecule has 0 radical (unpaired) electrons. The second kappa shape index (κ2) is 2.47. The number of carbonyl (C=O) groups excluding carboxylic acids is 1. The average Bonchev–Trinajstić information content (AvgIpc) is 2.16. The molecule has 4 nitrogen and oxygen atoms in total. The SMILES string of the molecule is CC1CC(=O)N(C)C1(C)C(=O)O. The van der Waals surface area contributed by atoms with E-state index in [9.17, 15) is 9.59 Å². The highest BCUT2D eigenvalue weighted by atomic mass is 16.4. The zero-order chi connectivity index (χ0) is 9.52. The van der Waals surface area contributed by atoms with Crippen LogP contribution >= 0.6 is 0 Å². The third-order valence-corrected chi connectivity index (χ3v) is 2.94. The highest BCUT2D eigenvalue weighted by molar-refractivity contribution is 5.91. The van der Waals surface area contributed by atoms with Gasteiger partial charge in [-0.1, -0.05) is 6.92 Å².